The van der Waals surface area contributed by atoms with Crippen LogP contribution < -0.4 is 10.6 Å². The number of anilines is 3. The fourth-order valence-electron chi connectivity index (χ4n) is 2.10. The van der Waals surface area contributed by atoms with Crippen molar-refractivity contribution in [1.82, 2.24) is 9.97 Å². The summed E-state index contributed by atoms with van der Waals surface area (Å²) < 4.78 is 0.817. The van der Waals surface area contributed by atoms with Gasteiger partial charge >= 0.3 is 0 Å². The van der Waals surface area contributed by atoms with Crippen LogP contribution in [0.25, 0.3) is 0 Å². The standard InChI is InChI=1S/C18H15BrN4O/c1-12-6-2-4-8-15(12)23-18-20-10-13(11-21-18)17(24)22-16-9-5-3-7-14(16)19/h2-11H,1H3,(H,22,24)(H,20,21,23). The van der Waals surface area contributed by atoms with E-state index in [1.165, 1.54) is 12.4 Å². The van der Waals surface area contributed by atoms with Crippen LogP contribution in [0.15, 0.2) is 65.4 Å². The third kappa shape index (κ3) is 3.78. The van der Waals surface area contributed by atoms with Crippen LogP contribution in [0.2, 0.25) is 0 Å². The first kappa shape index (κ1) is 16.1. The van der Waals surface area contributed by atoms with Gasteiger partial charge in [0.15, 0.2) is 0 Å². The number of rotatable bonds is 4. The number of carbonyl (C=O) groups excluding carboxylic acids is 1. The number of nitrogens with zero attached hydrogens (tertiary/aromatic N) is 2. The van der Waals surface area contributed by atoms with Crippen molar-refractivity contribution in [2.45, 2.75) is 6.92 Å². The van der Waals surface area contributed by atoms with Gasteiger partial charge in [-0.25, -0.2) is 9.97 Å². The summed E-state index contributed by atoms with van der Waals surface area (Å²) in [7, 11) is 0. The van der Waals surface area contributed by atoms with Gasteiger partial charge in [-0.2, -0.15) is 0 Å². The molecule has 0 saturated heterocycles. The Bertz CT molecular complexity index is 865. The summed E-state index contributed by atoms with van der Waals surface area (Å²) in [5.41, 5.74) is 3.12. The molecule has 0 spiro atoms. The van der Waals surface area contributed by atoms with Gasteiger partial charge in [0.1, 0.15) is 0 Å². The molecule has 0 aliphatic carbocycles. The van der Waals surface area contributed by atoms with Crippen molar-refractivity contribution in [1.29, 1.82) is 0 Å². The van der Waals surface area contributed by atoms with Crippen LogP contribution in [0.3, 0.4) is 0 Å². The predicted molar refractivity (Wildman–Crippen MR) is 98.6 cm³/mol. The molecule has 0 unspecified atom stereocenters. The summed E-state index contributed by atoms with van der Waals surface area (Å²) in [6.45, 7) is 2.00. The van der Waals surface area contributed by atoms with E-state index in [1.807, 2.05) is 55.5 Å². The molecule has 3 rings (SSSR count). The molecule has 0 radical (unpaired) electrons. The Morgan fingerprint density at radius 2 is 1.58 bits per heavy atom. The van der Waals surface area contributed by atoms with Crippen molar-refractivity contribution < 1.29 is 4.79 Å². The lowest BCUT2D eigenvalue weighted by Gasteiger charge is -2.09. The minimum atomic E-state index is -0.260. The number of nitrogens with one attached hydrogen (secondary N) is 2. The SMILES string of the molecule is Cc1ccccc1Nc1ncc(C(=O)Nc2ccccc2Br)cn1. The molecule has 24 heavy (non-hydrogen) atoms. The van der Waals surface area contributed by atoms with E-state index in [0.717, 1.165) is 15.7 Å². The highest BCUT2D eigenvalue weighted by atomic mass is 79.9. The van der Waals surface area contributed by atoms with Gasteiger partial charge in [-0.15, -0.1) is 0 Å². The number of hydrogen-bond acceptors (Lipinski definition) is 4. The fraction of sp³-hybridized carbons (Fsp3) is 0.0556. The Balaban J connectivity index is 1.71. The van der Waals surface area contributed by atoms with Crippen LogP contribution in [0.4, 0.5) is 17.3 Å². The monoisotopic (exact) mass is 382 g/mol. The molecule has 2 N–H and O–H groups in total. The smallest absolute Gasteiger partial charge is 0.258 e. The zero-order valence-electron chi connectivity index (χ0n) is 13.0. The normalized spacial score (nSPS) is 10.2. The lowest BCUT2D eigenvalue weighted by Crippen LogP contribution is -2.13. The molecule has 0 saturated carbocycles. The van der Waals surface area contributed by atoms with Gasteiger partial charge in [0, 0.05) is 22.6 Å². The lowest BCUT2D eigenvalue weighted by molar-refractivity contribution is 0.102. The first-order valence-electron chi connectivity index (χ1n) is 7.34. The summed E-state index contributed by atoms with van der Waals surface area (Å²) in [5, 5.41) is 5.95. The molecule has 1 aromatic heterocycles. The lowest BCUT2D eigenvalue weighted by atomic mass is 10.2. The Hall–Kier alpha value is -2.73. The summed E-state index contributed by atoms with van der Waals surface area (Å²) in [6, 6.07) is 15.3. The zero-order valence-corrected chi connectivity index (χ0v) is 14.5. The Labute approximate surface area is 148 Å². The van der Waals surface area contributed by atoms with Gasteiger partial charge < -0.3 is 10.6 Å². The summed E-state index contributed by atoms with van der Waals surface area (Å²) in [6.07, 6.45) is 3.00. The van der Waals surface area contributed by atoms with Crippen molar-refractivity contribution in [3.63, 3.8) is 0 Å². The van der Waals surface area contributed by atoms with Crippen molar-refractivity contribution in [2.24, 2.45) is 0 Å². The molecule has 0 aliphatic rings. The molecule has 1 amide bonds. The third-order valence-corrected chi connectivity index (χ3v) is 4.12. The van der Waals surface area contributed by atoms with Crippen LogP contribution in [0.1, 0.15) is 15.9 Å². The van der Waals surface area contributed by atoms with E-state index in [1.54, 1.807) is 0 Å². The molecule has 120 valence electrons. The molecule has 2 aromatic carbocycles. The second kappa shape index (κ2) is 7.23. The second-order valence-electron chi connectivity index (χ2n) is 5.17. The first-order chi connectivity index (χ1) is 11.6. The molecule has 6 heteroatoms. The average Bonchev–Trinajstić information content (AvgIpc) is 2.59. The molecule has 1 heterocycles. The maximum Gasteiger partial charge on any atom is 0.258 e. The van der Waals surface area contributed by atoms with Gasteiger partial charge in [0.25, 0.3) is 5.91 Å². The highest BCUT2D eigenvalue weighted by molar-refractivity contribution is 9.10. The van der Waals surface area contributed by atoms with Crippen LogP contribution >= 0.6 is 15.9 Å². The minimum absolute atomic E-state index is 0.260. The molecule has 0 bridgehead atoms. The van der Waals surface area contributed by atoms with Gasteiger partial charge in [-0.05, 0) is 46.6 Å². The van der Waals surface area contributed by atoms with E-state index in [2.05, 4.69) is 36.5 Å². The molecule has 0 atom stereocenters. The molecule has 0 fully saturated rings. The Kier molecular flexibility index (Phi) is 4.86. The maximum atomic E-state index is 12.3. The molecular weight excluding hydrogens is 368 g/mol. The highest BCUT2D eigenvalue weighted by Crippen LogP contribution is 2.22. The molecule has 3 aromatic rings. The van der Waals surface area contributed by atoms with E-state index in [-0.39, 0.29) is 5.91 Å². The van der Waals surface area contributed by atoms with Gasteiger partial charge in [0.2, 0.25) is 5.95 Å². The van der Waals surface area contributed by atoms with Crippen LogP contribution in [-0.4, -0.2) is 15.9 Å². The number of amides is 1. The molecular formula is C18H15BrN4O. The summed E-state index contributed by atoms with van der Waals surface area (Å²) in [5.74, 6) is 0.186. The predicted octanol–water partition coefficient (Wildman–Crippen LogP) is 4.54. The van der Waals surface area contributed by atoms with E-state index >= 15 is 0 Å². The van der Waals surface area contributed by atoms with E-state index in [9.17, 15) is 4.79 Å². The zero-order chi connectivity index (χ0) is 16.9. The number of aryl methyl sites for hydroxylation is 1. The first-order valence-corrected chi connectivity index (χ1v) is 8.13. The van der Waals surface area contributed by atoms with Gasteiger partial charge in [-0.1, -0.05) is 30.3 Å². The van der Waals surface area contributed by atoms with Crippen LogP contribution in [0.5, 0.6) is 0 Å². The van der Waals surface area contributed by atoms with Gasteiger partial charge in [-0.3, -0.25) is 4.79 Å². The van der Waals surface area contributed by atoms with Crippen molar-refractivity contribution in [3.05, 3.63) is 76.5 Å². The minimum Gasteiger partial charge on any atom is -0.324 e. The van der Waals surface area contributed by atoms with E-state index < -0.39 is 0 Å². The summed E-state index contributed by atoms with van der Waals surface area (Å²) >= 11 is 3.40. The van der Waals surface area contributed by atoms with Crippen LogP contribution in [-0.2, 0) is 0 Å². The molecule has 0 aliphatic heterocycles. The van der Waals surface area contributed by atoms with Crippen molar-refractivity contribution in [3.8, 4) is 0 Å². The molecule has 5 nitrogen and oxygen atoms in total. The Morgan fingerprint density at radius 3 is 2.25 bits per heavy atom. The highest BCUT2D eigenvalue weighted by Gasteiger charge is 2.09. The van der Waals surface area contributed by atoms with E-state index in [4.69, 9.17) is 0 Å². The number of aromatic nitrogens is 2. The van der Waals surface area contributed by atoms with Crippen molar-refractivity contribution in [2.75, 3.05) is 10.6 Å². The summed E-state index contributed by atoms with van der Waals surface area (Å²) in [4.78, 5) is 20.7. The maximum absolute atomic E-state index is 12.3. The topological polar surface area (TPSA) is 66.9 Å². The third-order valence-electron chi connectivity index (χ3n) is 3.43. The second-order valence-corrected chi connectivity index (χ2v) is 6.02. The Morgan fingerprint density at radius 1 is 0.958 bits per heavy atom. The number of benzene rings is 2. The largest absolute Gasteiger partial charge is 0.324 e. The average molecular weight is 383 g/mol. The quantitative estimate of drug-likeness (QED) is 0.694. The number of halogens is 1. The number of para-hydroxylation sites is 2. The van der Waals surface area contributed by atoms with E-state index in [0.29, 0.717) is 17.2 Å². The van der Waals surface area contributed by atoms with Crippen LogP contribution in [0, 0.1) is 6.92 Å². The van der Waals surface area contributed by atoms with Crippen molar-refractivity contribution >= 4 is 39.2 Å². The number of hydrogen-bond donors (Lipinski definition) is 2. The fourth-order valence-corrected chi connectivity index (χ4v) is 2.48. The number of carbonyl (C=O) groups is 1. The van der Waals surface area contributed by atoms with Gasteiger partial charge in [0.05, 0.1) is 11.3 Å².